The second-order valence-corrected chi connectivity index (χ2v) is 5.55. The number of benzene rings is 1. The number of hydrogen-bond acceptors (Lipinski definition) is 3. The zero-order valence-corrected chi connectivity index (χ0v) is 12.7. The SMILES string of the molecule is CCC(C(O)c1ccccc1)N(CC)CC1CCCO1. The van der Waals surface area contributed by atoms with E-state index in [1.54, 1.807) is 0 Å². The predicted octanol–water partition coefficient (Wildman–Crippen LogP) is 3.00. The van der Waals surface area contributed by atoms with E-state index in [-0.39, 0.29) is 6.04 Å². The maximum absolute atomic E-state index is 10.7. The average molecular weight is 277 g/mol. The maximum Gasteiger partial charge on any atom is 0.0945 e. The average Bonchev–Trinajstić information content (AvgIpc) is 3.00. The zero-order valence-electron chi connectivity index (χ0n) is 12.7. The predicted molar refractivity (Wildman–Crippen MR) is 81.7 cm³/mol. The van der Waals surface area contributed by atoms with Crippen LogP contribution in [0.5, 0.6) is 0 Å². The summed E-state index contributed by atoms with van der Waals surface area (Å²) in [6, 6.07) is 10.1. The minimum atomic E-state index is -0.428. The van der Waals surface area contributed by atoms with E-state index in [4.69, 9.17) is 4.74 Å². The molecule has 2 rings (SSSR count). The topological polar surface area (TPSA) is 32.7 Å². The van der Waals surface area contributed by atoms with Crippen LogP contribution < -0.4 is 0 Å². The lowest BCUT2D eigenvalue weighted by Crippen LogP contribution is -2.43. The summed E-state index contributed by atoms with van der Waals surface area (Å²) in [6.07, 6.45) is 3.17. The first-order valence-electron chi connectivity index (χ1n) is 7.84. The highest BCUT2D eigenvalue weighted by Crippen LogP contribution is 2.25. The van der Waals surface area contributed by atoms with E-state index in [1.807, 2.05) is 30.3 Å². The largest absolute Gasteiger partial charge is 0.387 e. The van der Waals surface area contributed by atoms with Crippen molar-refractivity contribution >= 4 is 0 Å². The summed E-state index contributed by atoms with van der Waals surface area (Å²) in [4.78, 5) is 2.37. The third kappa shape index (κ3) is 3.81. The Balaban J connectivity index is 2.03. The van der Waals surface area contributed by atoms with Crippen molar-refractivity contribution in [3.05, 3.63) is 35.9 Å². The second kappa shape index (κ2) is 7.77. The molecule has 1 saturated heterocycles. The van der Waals surface area contributed by atoms with Crippen molar-refractivity contribution < 1.29 is 9.84 Å². The number of ether oxygens (including phenoxy) is 1. The lowest BCUT2D eigenvalue weighted by molar-refractivity contribution is 0.0107. The smallest absolute Gasteiger partial charge is 0.0945 e. The Morgan fingerprint density at radius 1 is 1.30 bits per heavy atom. The third-order valence-electron chi connectivity index (χ3n) is 4.26. The standard InChI is InChI=1S/C17H27NO2/c1-3-16(17(19)14-9-6-5-7-10-14)18(4-2)13-15-11-8-12-20-15/h5-7,9-10,15-17,19H,3-4,8,11-13H2,1-2H3. The fourth-order valence-corrected chi connectivity index (χ4v) is 3.10. The summed E-state index contributed by atoms with van der Waals surface area (Å²) >= 11 is 0. The van der Waals surface area contributed by atoms with Crippen molar-refractivity contribution in [2.24, 2.45) is 0 Å². The van der Waals surface area contributed by atoms with Gasteiger partial charge in [0.2, 0.25) is 0 Å². The molecule has 1 aromatic carbocycles. The van der Waals surface area contributed by atoms with Crippen LogP contribution in [0.15, 0.2) is 30.3 Å². The second-order valence-electron chi connectivity index (χ2n) is 5.55. The molecule has 3 unspecified atom stereocenters. The molecule has 20 heavy (non-hydrogen) atoms. The van der Waals surface area contributed by atoms with Gasteiger partial charge in [0.05, 0.1) is 12.2 Å². The zero-order chi connectivity index (χ0) is 14.4. The Bertz CT molecular complexity index is 376. The number of aliphatic hydroxyl groups is 1. The molecule has 1 N–H and O–H groups in total. The van der Waals surface area contributed by atoms with E-state index in [2.05, 4.69) is 18.7 Å². The van der Waals surface area contributed by atoms with Gasteiger partial charge >= 0.3 is 0 Å². The van der Waals surface area contributed by atoms with E-state index in [1.165, 1.54) is 6.42 Å². The first kappa shape index (κ1) is 15.5. The highest BCUT2D eigenvalue weighted by Gasteiger charge is 2.28. The van der Waals surface area contributed by atoms with Crippen LogP contribution >= 0.6 is 0 Å². The van der Waals surface area contributed by atoms with Crippen LogP contribution in [0, 0.1) is 0 Å². The van der Waals surface area contributed by atoms with Crippen LogP contribution in [0.4, 0.5) is 0 Å². The molecule has 1 aromatic rings. The molecule has 0 aromatic heterocycles. The van der Waals surface area contributed by atoms with Gasteiger partial charge in [-0.1, -0.05) is 44.2 Å². The van der Waals surface area contributed by atoms with E-state index in [9.17, 15) is 5.11 Å². The molecule has 1 aliphatic heterocycles. The van der Waals surface area contributed by atoms with Gasteiger partial charge in [-0.3, -0.25) is 4.90 Å². The molecule has 0 amide bonds. The molecule has 0 bridgehead atoms. The molecule has 3 atom stereocenters. The molecule has 3 heteroatoms. The Kier molecular flexibility index (Phi) is 6.02. The van der Waals surface area contributed by atoms with E-state index in [0.717, 1.165) is 38.1 Å². The summed E-state index contributed by atoms with van der Waals surface area (Å²) in [5.74, 6) is 0. The summed E-state index contributed by atoms with van der Waals surface area (Å²) in [5, 5.41) is 10.7. The van der Waals surface area contributed by atoms with Gasteiger partial charge in [0, 0.05) is 19.2 Å². The lowest BCUT2D eigenvalue weighted by Gasteiger charge is -2.35. The molecule has 3 nitrogen and oxygen atoms in total. The number of likely N-dealkylation sites (N-methyl/N-ethyl adjacent to an activating group) is 1. The molecular weight excluding hydrogens is 250 g/mol. The first-order valence-corrected chi connectivity index (χ1v) is 7.84. The Morgan fingerprint density at radius 2 is 2.05 bits per heavy atom. The van der Waals surface area contributed by atoms with Crippen LogP contribution in [-0.4, -0.2) is 41.8 Å². The van der Waals surface area contributed by atoms with Crippen LogP contribution in [-0.2, 0) is 4.74 Å². The normalized spacial score (nSPS) is 22.1. The van der Waals surface area contributed by atoms with Gasteiger partial charge in [-0.05, 0) is 31.4 Å². The quantitative estimate of drug-likeness (QED) is 0.831. The monoisotopic (exact) mass is 277 g/mol. The molecule has 1 heterocycles. The van der Waals surface area contributed by atoms with Crippen molar-refractivity contribution in [1.29, 1.82) is 0 Å². The van der Waals surface area contributed by atoms with Crippen LogP contribution in [0.1, 0.15) is 44.8 Å². The molecule has 0 spiro atoms. The fourth-order valence-electron chi connectivity index (χ4n) is 3.10. The molecule has 0 radical (unpaired) electrons. The van der Waals surface area contributed by atoms with Crippen molar-refractivity contribution in [2.45, 2.75) is 51.4 Å². The van der Waals surface area contributed by atoms with Gasteiger partial charge in [0.1, 0.15) is 0 Å². The molecular formula is C17H27NO2. The fraction of sp³-hybridized carbons (Fsp3) is 0.647. The molecule has 0 aliphatic carbocycles. The minimum Gasteiger partial charge on any atom is -0.387 e. The number of aliphatic hydroxyl groups excluding tert-OH is 1. The maximum atomic E-state index is 10.7. The summed E-state index contributed by atoms with van der Waals surface area (Å²) in [6.45, 7) is 7.08. The van der Waals surface area contributed by atoms with Gasteiger partial charge in [-0.2, -0.15) is 0 Å². The van der Waals surface area contributed by atoms with Gasteiger partial charge in [-0.25, -0.2) is 0 Å². The Morgan fingerprint density at radius 3 is 2.60 bits per heavy atom. The molecule has 1 aliphatic rings. The molecule has 1 fully saturated rings. The van der Waals surface area contributed by atoms with Gasteiger partial charge in [-0.15, -0.1) is 0 Å². The van der Waals surface area contributed by atoms with Gasteiger partial charge < -0.3 is 9.84 Å². The lowest BCUT2D eigenvalue weighted by atomic mass is 9.98. The van der Waals surface area contributed by atoms with E-state index >= 15 is 0 Å². The Labute approximate surface area is 122 Å². The summed E-state index contributed by atoms with van der Waals surface area (Å²) < 4.78 is 5.74. The van der Waals surface area contributed by atoms with Gasteiger partial charge in [0.25, 0.3) is 0 Å². The van der Waals surface area contributed by atoms with Crippen LogP contribution in [0.3, 0.4) is 0 Å². The molecule has 112 valence electrons. The van der Waals surface area contributed by atoms with Crippen molar-refractivity contribution in [1.82, 2.24) is 4.90 Å². The highest BCUT2D eigenvalue weighted by atomic mass is 16.5. The van der Waals surface area contributed by atoms with Crippen LogP contribution in [0.2, 0.25) is 0 Å². The van der Waals surface area contributed by atoms with E-state index in [0.29, 0.717) is 6.10 Å². The van der Waals surface area contributed by atoms with Crippen molar-refractivity contribution in [3.8, 4) is 0 Å². The third-order valence-corrected chi connectivity index (χ3v) is 4.26. The minimum absolute atomic E-state index is 0.159. The number of hydrogen-bond donors (Lipinski definition) is 1. The van der Waals surface area contributed by atoms with Crippen molar-refractivity contribution in [3.63, 3.8) is 0 Å². The van der Waals surface area contributed by atoms with E-state index < -0.39 is 6.10 Å². The number of rotatable bonds is 7. The van der Waals surface area contributed by atoms with Crippen LogP contribution in [0.25, 0.3) is 0 Å². The molecule has 0 saturated carbocycles. The van der Waals surface area contributed by atoms with Gasteiger partial charge in [0.15, 0.2) is 0 Å². The number of nitrogens with zero attached hydrogens (tertiary/aromatic N) is 1. The highest BCUT2D eigenvalue weighted by molar-refractivity contribution is 5.18. The van der Waals surface area contributed by atoms with Crippen molar-refractivity contribution in [2.75, 3.05) is 19.7 Å². The summed E-state index contributed by atoms with van der Waals surface area (Å²) in [5.41, 5.74) is 1.00. The first-order chi connectivity index (χ1) is 9.76. The Hall–Kier alpha value is -0.900. The summed E-state index contributed by atoms with van der Waals surface area (Å²) in [7, 11) is 0.